The number of likely N-dealkylation sites (tertiary alicyclic amines) is 1. The summed E-state index contributed by atoms with van der Waals surface area (Å²) in [6.45, 7) is 13.0. The molecule has 2 aliphatic rings. The average molecular weight is 361 g/mol. The lowest BCUT2D eigenvalue weighted by molar-refractivity contribution is -0.162. The summed E-state index contributed by atoms with van der Waals surface area (Å²) in [7, 11) is 0. The third kappa shape index (κ3) is 6.45. The molecule has 0 radical (unpaired) electrons. The summed E-state index contributed by atoms with van der Waals surface area (Å²) in [6.07, 6.45) is -0.946. The molecule has 1 N–H and O–H groups in total. The van der Waals surface area contributed by atoms with Gasteiger partial charge in [0.1, 0.15) is 17.8 Å². The summed E-state index contributed by atoms with van der Waals surface area (Å²) in [5, 5.41) is 9.52. The molecular weight excluding hydrogens is 330 g/mol. The van der Waals surface area contributed by atoms with Gasteiger partial charge in [-0.05, 0) is 41.5 Å². The van der Waals surface area contributed by atoms with Gasteiger partial charge in [-0.15, -0.1) is 0 Å². The van der Waals surface area contributed by atoms with Gasteiger partial charge < -0.3 is 24.1 Å². The lowest BCUT2D eigenvalue weighted by atomic mass is 10.1. The number of aliphatic hydroxyl groups is 1. The Bertz CT molecular complexity index is 472. The third-order valence-electron chi connectivity index (χ3n) is 3.54. The van der Waals surface area contributed by atoms with E-state index in [4.69, 9.17) is 14.2 Å². The van der Waals surface area contributed by atoms with Gasteiger partial charge >= 0.3 is 12.1 Å². The van der Waals surface area contributed by atoms with Gasteiger partial charge in [-0.2, -0.15) is 0 Å². The second-order valence-corrected chi connectivity index (χ2v) is 7.45. The van der Waals surface area contributed by atoms with Gasteiger partial charge in [-0.25, -0.2) is 4.79 Å². The van der Waals surface area contributed by atoms with E-state index in [9.17, 15) is 14.7 Å². The molecule has 0 unspecified atom stereocenters. The number of nitrogens with zero attached hydrogens (tertiary/aromatic N) is 1. The number of aliphatic hydroxyl groups excluding tert-OH is 1. The Morgan fingerprint density at radius 1 is 1.28 bits per heavy atom. The number of hydrogen-bond donors (Lipinski definition) is 1. The third-order valence-corrected chi connectivity index (χ3v) is 3.54. The normalized spacial score (nSPS) is 27.2. The van der Waals surface area contributed by atoms with Crippen LogP contribution in [0, 0.1) is 0 Å². The number of amides is 1. The van der Waals surface area contributed by atoms with Crippen LogP contribution in [0.15, 0.2) is 0 Å². The van der Waals surface area contributed by atoms with E-state index in [1.54, 1.807) is 6.92 Å². The summed E-state index contributed by atoms with van der Waals surface area (Å²) >= 11 is 0. The van der Waals surface area contributed by atoms with Crippen molar-refractivity contribution in [3.8, 4) is 0 Å². The fraction of sp³-hybridized carbons (Fsp3) is 0.882. The molecule has 1 amide bonds. The fourth-order valence-electron chi connectivity index (χ4n) is 2.77. The number of ether oxygens (including phenoxy) is 4. The number of esters is 1. The molecule has 0 saturated carbocycles. The molecular formula is C17H31NO7. The smallest absolute Gasteiger partial charge is 0.410 e. The van der Waals surface area contributed by atoms with Crippen LogP contribution in [-0.2, 0) is 23.7 Å². The molecule has 2 aliphatic heterocycles. The Labute approximate surface area is 149 Å². The number of hydrogen-bond acceptors (Lipinski definition) is 7. The first-order chi connectivity index (χ1) is 11.4. The number of carbonyl (C=O) groups is 2. The van der Waals surface area contributed by atoms with Crippen molar-refractivity contribution in [3.05, 3.63) is 0 Å². The van der Waals surface area contributed by atoms with E-state index >= 15 is 0 Å². The van der Waals surface area contributed by atoms with Gasteiger partial charge in [0.15, 0.2) is 5.79 Å². The minimum atomic E-state index is -0.664. The van der Waals surface area contributed by atoms with E-state index in [0.717, 1.165) is 0 Å². The highest BCUT2D eigenvalue weighted by atomic mass is 16.8. The van der Waals surface area contributed by atoms with Crippen LogP contribution >= 0.6 is 0 Å². The maximum atomic E-state index is 12.1. The Morgan fingerprint density at radius 2 is 1.88 bits per heavy atom. The minimum absolute atomic E-state index is 0.167. The van der Waals surface area contributed by atoms with Crippen molar-refractivity contribution in [1.82, 2.24) is 4.90 Å². The lowest BCUT2D eigenvalue weighted by Crippen LogP contribution is -2.46. The van der Waals surface area contributed by atoms with Gasteiger partial charge in [0.05, 0.1) is 25.8 Å². The molecule has 8 heteroatoms. The molecule has 0 aromatic heterocycles. The number of fused-ring (bicyclic) bond motifs is 1. The summed E-state index contributed by atoms with van der Waals surface area (Å²) in [5.74, 6) is -0.875. The van der Waals surface area contributed by atoms with E-state index in [-0.39, 0.29) is 24.8 Å². The van der Waals surface area contributed by atoms with Crippen molar-refractivity contribution < 1.29 is 33.6 Å². The quantitative estimate of drug-likeness (QED) is 0.748. The fourth-order valence-corrected chi connectivity index (χ4v) is 2.77. The Morgan fingerprint density at radius 3 is 2.28 bits per heavy atom. The van der Waals surface area contributed by atoms with Crippen LogP contribution < -0.4 is 0 Å². The van der Waals surface area contributed by atoms with Crippen LogP contribution in [0.1, 0.15) is 48.5 Å². The first-order valence-corrected chi connectivity index (χ1v) is 8.49. The van der Waals surface area contributed by atoms with Gasteiger partial charge in [0.25, 0.3) is 0 Å². The summed E-state index contributed by atoms with van der Waals surface area (Å²) in [5.41, 5.74) is -0.560. The number of rotatable bonds is 2. The van der Waals surface area contributed by atoms with Crippen LogP contribution in [0.25, 0.3) is 0 Å². The molecule has 8 nitrogen and oxygen atoms in total. The topological polar surface area (TPSA) is 94.5 Å². The second-order valence-electron chi connectivity index (χ2n) is 7.45. The van der Waals surface area contributed by atoms with Crippen LogP contribution in [0.2, 0.25) is 0 Å². The van der Waals surface area contributed by atoms with E-state index in [0.29, 0.717) is 13.2 Å². The van der Waals surface area contributed by atoms with Crippen molar-refractivity contribution in [1.29, 1.82) is 0 Å². The molecule has 0 aromatic rings. The largest absolute Gasteiger partial charge is 0.466 e. The molecule has 0 spiro atoms. The first kappa shape index (κ1) is 21.7. The summed E-state index contributed by atoms with van der Waals surface area (Å²) < 4.78 is 21.2. The summed E-state index contributed by atoms with van der Waals surface area (Å²) in [4.78, 5) is 23.4. The zero-order valence-electron chi connectivity index (χ0n) is 16.2. The minimum Gasteiger partial charge on any atom is -0.466 e. The zero-order valence-corrected chi connectivity index (χ0v) is 16.2. The van der Waals surface area contributed by atoms with Crippen LogP contribution in [0.3, 0.4) is 0 Å². The maximum absolute atomic E-state index is 12.1. The molecule has 2 saturated heterocycles. The van der Waals surface area contributed by atoms with Crippen molar-refractivity contribution in [2.24, 2.45) is 0 Å². The Balaban J connectivity index is 0.000000450. The number of carbonyl (C=O) groups excluding carboxylic acids is 2. The monoisotopic (exact) mass is 361 g/mol. The van der Waals surface area contributed by atoms with E-state index < -0.39 is 23.5 Å². The van der Waals surface area contributed by atoms with Crippen LogP contribution in [0.5, 0.6) is 0 Å². The van der Waals surface area contributed by atoms with Crippen molar-refractivity contribution in [2.75, 3.05) is 19.8 Å². The van der Waals surface area contributed by atoms with E-state index in [1.807, 2.05) is 34.6 Å². The zero-order chi connectivity index (χ0) is 19.4. The van der Waals surface area contributed by atoms with Crippen LogP contribution in [-0.4, -0.2) is 71.5 Å². The maximum Gasteiger partial charge on any atom is 0.410 e. The molecule has 146 valence electrons. The molecule has 2 heterocycles. The van der Waals surface area contributed by atoms with Gasteiger partial charge in [-0.1, -0.05) is 0 Å². The molecule has 3 atom stereocenters. The Kier molecular flexibility index (Phi) is 7.22. The standard InChI is InChI=1S/C13H23NO5.C4H8O2/c1-12(2,3)19-11(16)14-6-9-10(8(14)7-15)18-13(4,5)17-9;1-3-6-4(2)5/h8-10,15H,6-7H2,1-5H3;3H2,1-2H3/t8-,9-,10+;/m1./s1. The Hall–Kier alpha value is -1.38. The van der Waals surface area contributed by atoms with Crippen LogP contribution in [0.4, 0.5) is 4.79 Å². The predicted molar refractivity (Wildman–Crippen MR) is 89.9 cm³/mol. The van der Waals surface area contributed by atoms with Gasteiger partial charge in [0, 0.05) is 6.92 Å². The second kappa shape index (κ2) is 8.33. The van der Waals surface area contributed by atoms with E-state index in [1.165, 1.54) is 11.8 Å². The highest BCUT2D eigenvalue weighted by Gasteiger charge is 2.54. The van der Waals surface area contributed by atoms with Crippen molar-refractivity contribution in [3.63, 3.8) is 0 Å². The van der Waals surface area contributed by atoms with Gasteiger partial charge in [0.2, 0.25) is 0 Å². The first-order valence-electron chi connectivity index (χ1n) is 8.49. The molecule has 0 bridgehead atoms. The molecule has 2 fully saturated rings. The van der Waals surface area contributed by atoms with Crippen molar-refractivity contribution in [2.45, 2.75) is 78.1 Å². The highest BCUT2D eigenvalue weighted by Crippen LogP contribution is 2.37. The van der Waals surface area contributed by atoms with Gasteiger partial charge in [-0.3, -0.25) is 9.69 Å². The predicted octanol–water partition coefficient (Wildman–Crippen LogP) is 1.69. The summed E-state index contributed by atoms with van der Waals surface area (Å²) in [6, 6.07) is -0.415. The van der Waals surface area contributed by atoms with E-state index in [2.05, 4.69) is 4.74 Å². The van der Waals surface area contributed by atoms with Crippen molar-refractivity contribution >= 4 is 12.1 Å². The molecule has 25 heavy (non-hydrogen) atoms. The molecule has 2 rings (SSSR count). The highest BCUT2D eigenvalue weighted by molar-refractivity contribution is 5.69. The molecule has 0 aromatic carbocycles. The SMILES string of the molecule is CC(C)(C)OC(=O)N1C[C@H]2OC(C)(C)O[C@H]2[C@H]1CO.CCOC(C)=O. The average Bonchev–Trinajstić information content (AvgIpc) is 2.88. The molecule has 0 aliphatic carbocycles. The lowest BCUT2D eigenvalue weighted by Gasteiger charge is -2.30.